The topological polar surface area (TPSA) is 43.4 Å². The largest absolute Gasteiger partial charge is 0.423 e. The van der Waals surface area contributed by atoms with Crippen LogP contribution in [0.5, 0.6) is 5.75 Å². The van der Waals surface area contributed by atoms with E-state index in [9.17, 15) is 9.59 Å². The molecule has 3 aromatic rings. The zero-order chi connectivity index (χ0) is 17.5. The first-order valence-corrected chi connectivity index (χ1v) is 7.87. The van der Waals surface area contributed by atoms with E-state index in [4.69, 9.17) is 4.74 Å². The van der Waals surface area contributed by atoms with Crippen molar-refractivity contribution in [1.82, 2.24) is 0 Å². The normalized spacial score (nSPS) is 10.6. The maximum atomic E-state index is 12.0. The third-order valence-corrected chi connectivity index (χ3v) is 3.59. The summed E-state index contributed by atoms with van der Waals surface area (Å²) in [6, 6.07) is 24.9. The lowest BCUT2D eigenvalue weighted by atomic mass is 10.1. The van der Waals surface area contributed by atoms with Gasteiger partial charge < -0.3 is 4.74 Å². The van der Waals surface area contributed by atoms with Gasteiger partial charge in [0.2, 0.25) is 0 Å². The Morgan fingerprint density at radius 3 is 1.84 bits per heavy atom. The van der Waals surface area contributed by atoms with Gasteiger partial charge in [-0.25, -0.2) is 4.79 Å². The Bertz CT molecular complexity index is 880. The quantitative estimate of drug-likeness (QED) is 0.292. The van der Waals surface area contributed by atoms with Crippen LogP contribution >= 0.6 is 0 Å². The van der Waals surface area contributed by atoms with Gasteiger partial charge in [-0.15, -0.1) is 0 Å². The Kier molecular flexibility index (Phi) is 5.17. The van der Waals surface area contributed by atoms with Gasteiger partial charge in [0.25, 0.3) is 0 Å². The van der Waals surface area contributed by atoms with E-state index in [2.05, 4.69) is 0 Å². The first-order valence-electron chi connectivity index (χ1n) is 7.87. The second-order valence-corrected chi connectivity index (χ2v) is 5.39. The molecule has 3 rings (SSSR count). The standard InChI is InChI=1S/C22H16O3/c23-21(18-7-3-1-4-8-18)16-13-17-11-14-20(15-12-17)25-22(24)19-9-5-2-6-10-19/h1-16H/b16-13+. The fourth-order valence-corrected chi connectivity index (χ4v) is 2.26. The van der Waals surface area contributed by atoms with E-state index >= 15 is 0 Å². The summed E-state index contributed by atoms with van der Waals surface area (Å²) in [4.78, 5) is 24.0. The summed E-state index contributed by atoms with van der Waals surface area (Å²) in [5, 5.41) is 0. The minimum atomic E-state index is -0.400. The molecule has 3 heteroatoms. The molecule has 0 atom stereocenters. The van der Waals surface area contributed by atoms with Crippen LogP contribution in [0.15, 0.2) is 91.0 Å². The Labute approximate surface area is 146 Å². The van der Waals surface area contributed by atoms with Gasteiger partial charge in [-0.1, -0.05) is 66.7 Å². The summed E-state index contributed by atoms with van der Waals surface area (Å²) >= 11 is 0. The lowest BCUT2D eigenvalue weighted by Crippen LogP contribution is -2.07. The number of hydrogen-bond acceptors (Lipinski definition) is 3. The molecule has 0 fully saturated rings. The van der Waals surface area contributed by atoms with Gasteiger partial charge in [-0.05, 0) is 35.9 Å². The van der Waals surface area contributed by atoms with Gasteiger partial charge in [0.05, 0.1) is 5.56 Å². The Morgan fingerprint density at radius 2 is 1.24 bits per heavy atom. The molecular formula is C22H16O3. The monoisotopic (exact) mass is 328 g/mol. The number of hydrogen-bond donors (Lipinski definition) is 0. The molecule has 0 radical (unpaired) electrons. The van der Waals surface area contributed by atoms with Crippen LogP contribution in [0.3, 0.4) is 0 Å². The zero-order valence-corrected chi connectivity index (χ0v) is 13.5. The van der Waals surface area contributed by atoms with Crippen molar-refractivity contribution in [2.24, 2.45) is 0 Å². The molecule has 3 aromatic carbocycles. The molecule has 25 heavy (non-hydrogen) atoms. The Hall–Kier alpha value is -3.46. The van der Waals surface area contributed by atoms with E-state index < -0.39 is 5.97 Å². The highest BCUT2D eigenvalue weighted by atomic mass is 16.5. The van der Waals surface area contributed by atoms with E-state index in [-0.39, 0.29) is 5.78 Å². The van der Waals surface area contributed by atoms with Crippen molar-refractivity contribution in [1.29, 1.82) is 0 Å². The lowest BCUT2D eigenvalue weighted by molar-refractivity contribution is 0.0734. The number of carbonyl (C=O) groups is 2. The second-order valence-electron chi connectivity index (χ2n) is 5.39. The number of esters is 1. The summed E-state index contributed by atoms with van der Waals surface area (Å²) in [5.74, 6) is 0.00344. The highest BCUT2D eigenvalue weighted by Crippen LogP contribution is 2.15. The molecule has 0 amide bonds. The van der Waals surface area contributed by atoms with Crippen molar-refractivity contribution in [2.45, 2.75) is 0 Å². The number of ketones is 1. The van der Waals surface area contributed by atoms with Crippen LogP contribution in [0.2, 0.25) is 0 Å². The molecule has 0 saturated carbocycles. The van der Waals surface area contributed by atoms with Gasteiger partial charge in [0, 0.05) is 5.56 Å². The average Bonchev–Trinajstić information content (AvgIpc) is 2.68. The molecule has 0 aliphatic heterocycles. The SMILES string of the molecule is O=C(/C=C/c1ccc(OC(=O)c2ccccc2)cc1)c1ccccc1. The summed E-state index contributed by atoms with van der Waals surface area (Å²) in [6.45, 7) is 0. The third-order valence-electron chi connectivity index (χ3n) is 3.59. The molecule has 3 nitrogen and oxygen atoms in total. The fraction of sp³-hybridized carbons (Fsp3) is 0. The molecular weight excluding hydrogens is 312 g/mol. The smallest absolute Gasteiger partial charge is 0.343 e. The van der Waals surface area contributed by atoms with E-state index in [1.54, 1.807) is 66.7 Å². The molecule has 0 heterocycles. The van der Waals surface area contributed by atoms with Gasteiger partial charge in [0.15, 0.2) is 5.78 Å². The maximum Gasteiger partial charge on any atom is 0.343 e. The molecule has 0 unspecified atom stereocenters. The number of benzene rings is 3. The van der Waals surface area contributed by atoms with Crippen LogP contribution in [0.4, 0.5) is 0 Å². The second kappa shape index (κ2) is 7.88. The first-order chi connectivity index (χ1) is 12.2. The van der Waals surface area contributed by atoms with Gasteiger partial charge in [0.1, 0.15) is 5.75 Å². The van der Waals surface area contributed by atoms with E-state index in [0.717, 1.165) is 5.56 Å². The van der Waals surface area contributed by atoms with Gasteiger partial charge in [-0.3, -0.25) is 4.79 Å². The summed E-state index contributed by atoms with van der Waals surface area (Å²) in [7, 11) is 0. The molecule has 0 aliphatic carbocycles. The molecule has 0 bridgehead atoms. The summed E-state index contributed by atoms with van der Waals surface area (Å²) in [5.41, 5.74) is 2.00. The number of ether oxygens (including phenoxy) is 1. The molecule has 0 spiro atoms. The van der Waals surface area contributed by atoms with Crippen LogP contribution in [0.1, 0.15) is 26.3 Å². The first kappa shape index (κ1) is 16.4. The molecule has 0 aromatic heterocycles. The third kappa shape index (κ3) is 4.52. The predicted molar refractivity (Wildman–Crippen MR) is 97.6 cm³/mol. The van der Waals surface area contributed by atoms with Gasteiger partial charge in [-0.2, -0.15) is 0 Å². The lowest BCUT2D eigenvalue weighted by Gasteiger charge is -2.04. The Morgan fingerprint density at radius 1 is 0.680 bits per heavy atom. The van der Waals surface area contributed by atoms with Crippen molar-refractivity contribution in [3.63, 3.8) is 0 Å². The fourth-order valence-electron chi connectivity index (χ4n) is 2.26. The van der Waals surface area contributed by atoms with Crippen molar-refractivity contribution >= 4 is 17.8 Å². The molecule has 0 aliphatic rings. The summed E-state index contributed by atoms with van der Waals surface area (Å²) in [6.07, 6.45) is 3.26. The van der Waals surface area contributed by atoms with Crippen molar-refractivity contribution in [2.75, 3.05) is 0 Å². The van der Waals surface area contributed by atoms with Crippen LogP contribution in [0, 0.1) is 0 Å². The highest BCUT2D eigenvalue weighted by Gasteiger charge is 2.07. The van der Waals surface area contributed by atoms with Crippen LogP contribution < -0.4 is 4.74 Å². The van der Waals surface area contributed by atoms with Crippen molar-refractivity contribution < 1.29 is 14.3 Å². The molecule has 0 saturated heterocycles. The zero-order valence-electron chi connectivity index (χ0n) is 13.5. The average molecular weight is 328 g/mol. The molecule has 0 N–H and O–H groups in total. The van der Waals surface area contributed by atoms with E-state index in [1.165, 1.54) is 6.08 Å². The predicted octanol–water partition coefficient (Wildman–Crippen LogP) is 4.80. The maximum absolute atomic E-state index is 12.0. The highest BCUT2D eigenvalue weighted by molar-refractivity contribution is 6.06. The van der Waals surface area contributed by atoms with Crippen LogP contribution in [0.25, 0.3) is 6.08 Å². The van der Waals surface area contributed by atoms with Crippen LogP contribution in [-0.2, 0) is 0 Å². The van der Waals surface area contributed by atoms with Crippen molar-refractivity contribution in [3.8, 4) is 5.75 Å². The summed E-state index contributed by atoms with van der Waals surface area (Å²) < 4.78 is 5.32. The molecule has 122 valence electrons. The minimum absolute atomic E-state index is 0.0554. The number of carbonyl (C=O) groups excluding carboxylic acids is 2. The Balaban J connectivity index is 1.63. The van der Waals surface area contributed by atoms with E-state index in [1.807, 2.05) is 24.3 Å². The number of rotatable bonds is 5. The van der Waals surface area contributed by atoms with Gasteiger partial charge >= 0.3 is 5.97 Å². The van der Waals surface area contributed by atoms with Crippen molar-refractivity contribution in [3.05, 3.63) is 108 Å². The number of allylic oxidation sites excluding steroid dienone is 1. The minimum Gasteiger partial charge on any atom is -0.423 e. The van der Waals surface area contributed by atoms with E-state index in [0.29, 0.717) is 16.9 Å². The van der Waals surface area contributed by atoms with Crippen LogP contribution in [-0.4, -0.2) is 11.8 Å².